The first-order valence-electron chi connectivity index (χ1n) is 8.03. The Bertz CT molecular complexity index is 451. The highest BCUT2D eigenvalue weighted by Crippen LogP contribution is 2.20. The summed E-state index contributed by atoms with van der Waals surface area (Å²) in [5, 5.41) is 3.44. The fraction of sp³-hybridized carbons (Fsp3) is 0.588. The van der Waals surface area contributed by atoms with Gasteiger partial charge in [0.2, 0.25) is 5.91 Å². The zero-order valence-corrected chi connectivity index (χ0v) is 12.5. The topological polar surface area (TPSA) is 41.6 Å². The number of rotatable bonds is 5. The van der Waals surface area contributed by atoms with Crippen molar-refractivity contribution in [2.24, 2.45) is 0 Å². The Labute approximate surface area is 126 Å². The molecule has 0 spiro atoms. The molecule has 2 unspecified atom stereocenters. The molecule has 0 saturated carbocycles. The van der Waals surface area contributed by atoms with Crippen molar-refractivity contribution < 1.29 is 9.53 Å². The second kappa shape index (κ2) is 7.05. The van der Waals surface area contributed by atoms with E-state index < -0.39 is 0 Å². The molecule has 3 rings (SSSR count). The Kier molecular flexibility index (Phi) is 4.88. The minimum absolute atomic E-state index is 0.205. The number of carbonyl (C=O) groups is 1. The molecule has 2 saturated heterocycles. The van der Waals surface area contributed by atoms with Crippen molar-refractivity contribution in [1.82, 2.24) is 10.2 Å². The van der Waals surface area contributed by atoms with Crippen molar-refractivity contribution in [3.63, 3.8) is 0 Å². The predicted molar refractivity (Wildman–Crippen MR) is 82.0 cm³/mol. The van der Waals surface area contributed by atoms with E-state index in [2.05, 4.69) is 5.32 Å². The largest absolute Gasteiger partial charge is 0.377 e. The summed E-state index contributed by atoms with van der Waals surface area (Å²) in [4.78, 5) is 14.8. The lowest BCUT2D eigenvalue weighted by Crippen LogP contribution is -2.41. The van der Waals surface area contributed by atoms with Gasteiger partial charge in [0, 0.05) is 26.2 Å². The first-order chi connectivity index (χ1) is 10.3. The van der Waals surface area contributed by atoms with Crippen LogP contribution < -0.4 is 5.32 Å². The van der Waals surface area contributed by atoms with E-state index in [9.17, 15) is 4.79 Å². The van der Waals surface area contributed by atoms with Gasteiger partial charge >= 0.3 is 0 Å². The van der Waals surface area contributed by atoms with Crippen LogP contribution in [0.5, 0.6) is 0 Å². The maximum atomic E-state index is 12.8. The number of nitrogens with one attached hydrogen (secondary N) is 1. The van der Waals surface area contributed by atoms with E-state index in [-0.39, 0.29) is 18.1 Å². The zero-order chi connectivity index (χ0) is 14.5. The summed E-state index contributed by atoms with van der Waals surface area (Å²) >= 11 is 0. The van der Waals surface area contributed by atoms with Crippen LogP contribution in [0.1, 0.15) is 37.3 Å². The van der Waals surface area contributed by atoms with Gasteiger partial charge in [-0.05, 0) is 31.2 Å². The number of hydrogen-bond donors (Lipinski definition) is 1. The van der Waals surface area contributed by atoms with Crippen LogP contribution in [0.15, 0.2) is 30.3 Å². The molecule has 21 heavy (non-hydrogen) atoms. The Morgan fingerprint density at radius 1 is 1.24 bits per heavy atom. The van der Waals surface area contributed by atoms with Gasteiger partial charge in [0.15, 0.2) is 0 Å². The number of amides is 1. The molecule has 4 nitrogen and oxygen atoms in total. The highest BCUT2D eigenvalue weighted by Gasteiger charge is 2.28. The predicted octanol–water partition coefficient (Wildman–Crippen LogP) is 2.12. The van der Waals surface area contributed by atoms with Gasteiger partial charge in [-0.25, -0.2) is 0 Å². The first kappa shape index (κ1) is 14.5. The molecule has 0 aromatic heterocycles. The van der Waals surface area contributed by atoms with Crippen LogP contribution >= 0.6 is 0 Å². The lowest BCUT2D eigenvalue weighted by molar-refractivity contribution is -0.132. The van der Waals surface area contributed by atoms with E-state index in [1.807, 2.05) is 35.2 Å². The lowest BCUT2D eigenvalue weighted by Gasteiger charge is -2.25. The number of likely N-dealkylation sites (tertiary alicyclic amines) is 1. The molecule has 2 heterocycles. The number of nitrogens with zero attached hydrogens (tertiary/aromatic N) is 1. The summed E-state index contributed by atoms with van der Waals surface area (Å²) in [6, 6.07) is 9.79. The van der Waals surface area contributed by atoms with Crippen LogP contribution in [0.25, 0.3) is 0 Å². The van der Waals surface area contributed by atoms with Gasteiger partial charge in [-0.3, -0.25) is 10.1 Å². The fourth-order valence-electron chi connectivity index (χ4n) is 3.17. The van der Waals surface area contributed by atoms with E-state index in [0.717, 1.165) is 57.5 Å². The average molecular weight is 288 g/mol. The molecule has 1 aromatic rings. The second-order valence-electron chi connectivity index (χ2n) is 5.92. The van der Waals surface area contributed by atoms with E-state index in [1.165, 1.54) is 0 Å². The van der Waals surface area contributed by atoms with E-state index >= 15 is 0 Å². The molecule has 2 fully saturated rings. The zero-order valence-electron chi connectivity index (χ0n) is 12.5. The molecule has 1 N–H and O–H groups in total. The minimum atomic E-state index is -0.242. The van der Waals surface area contributed by atoms with Gasteiger partial charge in [0.1, 0.15) is 6.04 Å². The Balaban J connectivity index is 1.69. The van der Waals surface area contributed by atoms with Crippen molar-refractivity contribution in [1.29, 1.82) is 0 Å². The van der Waals surface area contributed by atoms with Crippen molar-refractivity contribution in [3.8, 4) is 0 Å². The third-order valence-corrected chi connectivity index (χ3v) is 4.37. The van der Waals surface area contributed by atoms with E-state index in [1.54, 1.807) is 0 Å². The second-order valence-corrected chi connectivity index (χ2v) is 5.92. The molecule has 0 radical (unpaired) electrons. The minimum Gasteiger partial charge on any atom is -0.377 e. The lowest BCUT2D eigenvalue weighted by atomic mass is 10.1. The summed E-state index contributed by atoms with van der Waals surface area (Å²) in [5.74, 6) is 0.205. The fourth-order valence-corrected chi connectivity index (χ4v) is 3.17. The smallest absolute Gasteiger partial charge is 0.244 e. The van der Waals surface area contributed by atoms with Gasteiger partial charge in [-0.1, -0.05) is 30.3 Å². The van der Waals surface area contributed by atoms with E-state index in [4.69, 9.17) is 4.74 Å². The molecule has 1 amide bonds. The van der Waals surface area contributed by atoms with Crippen LogP contribution in [0, 0.1) is 0 Å². The molecule has 2 aliphatic rings. The van der Waals surface area contributed by atoms with Crippen LogP contribution in [0.2, 0.25) is 0 Å². The molecular weight excluding hydrogens is 264 g/mol. The van der Waals surface area contributed by atoms with Gasteiger partial charge in [0.25, 0.3) is 0 Å². The number of carbonyl (C=O) groups excluding carboxylic acids is 1. The van der Waals surface area contributed by atoms with Gasteiger partial charge in [-0.15, -0.1) is 0 Å². The van der Waals surface area contributed by atoms with Crippen LogP contribution in [-0.4, -0.2) is 43.2 Å². The summed E-state index contributed by atoms with van der Waals surface area (Å²) < 4.78 is 5.66. The Morgan fingerprint density at radius 3 is 2.67 bits per heavy atom. The molecule has 2 aliphatic heterocycles. The summed E-state index contributed by atoms with van der Waals surface area (Å²) in [7, 11) is 0. The van der Waals surface area contributed by atoms with Gasteiger partial charge in [0.05, 0.1) is 6.10 Å². The third kappa shape index (κ3) is 3.63. The van der Waals surface area contributed by atoms with Crippen LogP contribution in [0.4, 0.5) is 0 Å². The molecule has 1 aromatic carbocycles. The van der Waals surface area contributed by atoms with Gasteiger partial charge in [-0.2, -0.15) is 0 Å². The highest BCUT2D eigenvalue weighted by atomic mass is 16.5. The van der Waals surface area contributed by atoms with Crippen molar-refractivity contribution >= 4 is 5.91 Å². The Hall–Kier alpha value is -1.39. The molecular formula is C17H24N2O2. The van der Waals surface area contributed by atoms with E-state index in [0.29, 0.717) is 0 Å². The SMILES string of the molecule is O=C(C(NCC1CCCO1)c1ccccc1)N1CCCC1. The molecule has 0 bridgehead atoms. The summed E-state index contributed by atoms with van der Waals surface area (Å²) in [6.07, 6.45) is 4.72. The molecule has 114 valence electrons. The third-order valence-electron chi connectivity index (χ3n) is 4.37. The van der Waals surface area contributed by atoms with Crippen molar-refractivity contribution in [2.75, 3.05) is 26.2 Å². The summed E-state index contributed by atoms with van der Waals surface area (Å²) in [5.41, 5.74) is 1.05. The van der Waals surface area contributed by atoms with Crippen LogP contribution in [-0.2, 0) is 9.53 Å². The monoisotopic (exact) mass is 288 g/mol. The maximum Gasteiger partial charge on any atom is 0.244 e. The first-order valence-corrected chi connectivity index (χ1v) is 8.03. The molecule has 4 heteroatoms. The van der Waals surface area contributed by atoms with Crippen LogP contribution in [0.3, 0.4) is 0 Å². The number of benzene rings is 1. The number of hydrogen-bond acceptors (Lipinski definition) is 3. The van der Waals surface area contributed by atoms with Crippen molar-refractivity contribution in [2.45, 2.75) is 37.8 Å². The maximum absolute atomic E-state index is 12.8. The standard InChI is InChI=1S/C17H24N2O2/c20-17(19-10-4-5-11-19)16(14-7-2-1-3-8-14)18-13-15-9-6-12-21-15/h1-3,7-8,15-16,18H,4-6,9-13H2. The number of ether oxygens (including phenoxy) is 1. The Morgan fingerprint density at radius 2 is 2.00 bits per heavy atom. The van der Waals surface area contributed by atoms with Gasteiger partial charge < -0.3 is 9.64 Å². The quantitative estimate of drug-likeness (QED) is 0.902. The highest BCUT2D eigenvalue weighted by molar-refractivity contribution is 5.83. The molecule has 0 aliphatic carbocycles. The van der Waals surface area contributed by atoms with Crippen molar-refractivity contribution in [3.05, 3.63) is 35.9 Å². The molecule has 2 atom stereocenters. The normalized spacial score (nSPS) is 23.4. The average Bonchev–Trinajstić information content (AvgIpc) is 3.22. The summed E-state index contributed by atoms with van der Waals surface area (Å²) in [6.45, 7) is 3.38.